The minimum absolute atomic E-state index is 0.192. The molecule has 31 heavy (non-hydrogen) atoms. The normalized spacial score (nSPS) is 20.5. The van der Waals surface area contributed by atoms with Crippen molar-refractivity contribution in [2.75, 3.05) is 63.7 Å². The Labute approximate surface area is 186 Å². The molecule has 2 aromatic rings. The van der Waals surface area contributed by atoms with E-state index in [4.69, 9.17) is 0 Å². The fourth-order valence-corrected chi connectivity index (χ4v) is 4.30. The largest absolute Gasteiger partial charge is 0.309 e. The molecule has 1 aromatic carbocycles. The van der Waals surface area contributed by atoms with Crippen molar-refractivity contribution in [3.05, 3.63) is 53.9 Å². The van der Waals surface area contributed by atoms with Crippen molar-refractivity contribution in [3.8, 4) is 0 Å². The van der Waals surface area contributed by atoms with Crippen LogP contribution in [-0.4, -0.2) is 78.1 Å². The number of pyridine rings is 1. The molecule has 0 aliphatic carbocycles. The van der Waals surface area contributed by atoms with Crippen LogP contribution in [0.4, 0.5) is 11.4 Å². The Morgan fingerprint density at radius 3 is 2.26 bits per heavy atom. The number of aromatic nitrogens is 1. The van der Waals surface area contributed by atoms with Crippen LogP contribution in [0.3, 0.4) is 0 Å². The number of hydrogen-bond acceptors (Lipinski definition) is 7. The monoisotopic (exact) mass is 423 g/mol. The molecule has 0 radical (unpaired) electrons. The minimum Gasteiger partial charge on any atom is -0.309 e. The first kappa shape index (κ1) is 22.0. The molecular formula is C24H37N7. The molecule has 2 aliphatic heterocycles. The second kappa shape index (κ2) is 9.96. The van der Waals surface area contributed by atoms with E-state index in [1.807, 2.05) is 6.20 Å². The molecule has 168 valence electrons. The van der Waals surface area contributed by atoms with Gasteiger partial charge in [-0.25, -0.2) is 0 Å². The SMILES string of the molecule is CN1CCN(Cc2ccc(NNc3ccc(CN4CCNC(C)(C)C4)cc3)cn2)CC1. The first-order valence-corrected chi connectivity index (χ1v) is 11.4. The van der Waals surface area contributed by atoms with E-state index in [0.717, 1.165) is 76.0 Å². The van der Waals surface area contributed by atoms with Crippen LogP contribution in [0.5, 0.6) is 0 Å². The Hall–Kier alpha value is -2.19. The third kappa shape index (κ3) is 6.64. The fraction of sp³-hybridized carbons (Fsp3) is 0.542. The van der Waals surface area contributed by atoms with Crippen LogP contribution in [-0.2, 0) is 13.1 Å². The Morgan fingerprint density at radius 2 is 1.58 bits per heavy atom. The van der Waals surface area contributed by atoms with Gasteiger partial charge in [0, 0.05) is 64.4 Å². The quantitative estimate of drug-likeness (QED) is 0.592. The van der Waals surface area contributed by atoms with Crippen molar-refractivity contribution in [2.24, 2.45) is 0 Å². The predicted molar refractivity (Wildman–Crippen MR) is 128 cm³/mol. The first-order valence-electron chi connectivity index (χ1n) is 11.4. The van der Waals surface area contributed by atoms with Gasteiger partial charge in [0.25, 0.3) is 0 Å². The van der Waals surface area contributed by atoms with E-state index in [1.54, 1.807) is 0 Å². The maximum absolute atomic E-state index is 4.63. The molecule has 2 saturated heterocycles. The second-order valence-electron chi connectivity index (χ2n) is 9.59. The Balaban J connectivity index is 1.23. The van der Waals surface area contributed by atoms with Gasteiger partial charge in [0.2, 0.25) is 0 Å². The number of piperazine rings is 2. The third-order valence-corrected chi connectivity index (χ3v) is 6.17. The van der Waals surface area contributed by atoms with Crippen LogP contribution < -0.4 is 16.2 Å². The summed E-state index contributed by atoms with van der Waals surface area (Å²) in [5.74, 6) is 0. The number of anilines is 2. The maximum Gasteiger partial charge on any atom is 0.0723 e. The molecule has 7 heteroatoms. The zero-order chi connectivity index (χ0) is 21.7. The highest BCUT2D eigenvalue weighted by Crippen LogP contribution is 2.16. The standard InChI is InChI=1S/C24H37N7/c1-24(2)19-31(11-10-26-24)17-20-4-6-21(7-5-20)27-28-22-8-9-23(25-16-22)18-30-14-12-29(3)13-15-30/h4-9,16,26-28H,10-15,17-19H2,1-3H3. The van der Waals surface area contributed by atoms with Crippen molar-refractivity contribution in [1.29, 1.82) is 0 Å². The molecule has 3 N–H and O–H groups in total. The first-order chi connectivity index (χ1) is 14.9. The predicted octanol–water partition coefficient (Wildman–Crippen LogP) is 2.45. The van der Waals surface area contributed by atoms with Crippen LogP contribution >= 0.6 is 0 Å². The van der Waals surface area contributed by atoms with Gasteiger partial charge in [0.15, 0.2) is 0 Å². The molecule has 0 saturated carbocycles. The van der Waals surface area contributed by atoms with Crippen LogP contribution in [0, 0.1) is 0 Å². The third-order valence-electron chi connectivity index (χ3n) is 6.17. The second-order valence-corrected chi connectivity index (χ2v) is 9.59. The number of nitrogens with one attached hydrogen (secondary N) is 3. The summed E-state index contributed by atoms with van der Waals surface area (Å²) in [6.07, 6.45) is 1.90. The highest BCUT2D eigenvalue weighted by Gasteiger charge is 2.25. The number of hydrazine groups is 1. The van der Waals surface area contributed by atoms with Gasteiger partial charge in [0.1, 0.15) is 0 Å². The zero-order valence-electron chi connectivity index (χ0n) is 19.2. The molecule has 0 atom stereocenters. The van der Waals surface area contributed by atoms with E-state index in [2.05, 4.69) is 93.1 Å². The maximum atomic E-state index is 4.63. The summed E-state index contributed by atoms with van der Waals surface area (Å²) in [6, 6.07) is 12.9. The number of nitrogens with zero attached hydrogens (tertiary/aromatic N) is 4. The van der Waals surface area contributed by atoms with Crippen molar-refractivity contribution in [2.45, 2.75) is 32.5 Å². The Kier molecular flexibility index (Phi) is 7.07. The Bertz CT molecular complexity index is 811. The summed E-state index contributed by atoms with van der Waals surface area (Å²) >= 11 is 0. The van der Waals surface area contributed by atoms with Gasteiger partial charge in [-0.3, -0.25) is 20.2 Å². The van der Waals surface area contributed by atoms with E-state index in [1.165, 1.54) is 5.56 Å². The zero-order valence-corrected chi connectivity index (χ0v) is 19.2. The molecule has 4 rings (SSSR count). The lowest BCUT2D eigenvalue weighted by molar-refractivity contribution is 0.147. The van der Waals surface area contributed by atoms with Crippen molar-refractivity contribution in [1.82, 2.24) is 25.0 Å². The number of hydrogen-bond donors (Lipinski definition) is 3. The van der Waals surface area contributed by atoms with Gasteiger partial charge in [0.05, 0.1) is 23.3 Å². The van der Waals surface area contributed by atoms with Gasteiger partial charge in [-0.05, 0) is 50.7 Å². The molecule has 0 bridgehead atoms. The number of benzene rings is 1. The van der Waals surface area contributed by atoms with Gasteiger partial charge >= 0.3 is 0 Å². The highest BCUT2D eigenvalue weighted by molar-refractivity contribution is 5.52. The van der Waals surface area contributed by atoms with Crippen LogP contribution in [0.15, 0.2) is 42.6 Å². The summed E-state index contributed by atoms with van der Waals surface area (Å²) < 4.78 is 0. The molecule has 2 aliphatic rings. The molecule has 0 spiro atoms. The average Bonchev–Trinajstić information content (AvgIpc) is 2.75. The summed E-state index contributed by atoms with van der Waals surface area (Å²) in [5, 5.41) is 3.57. The lowest BCUT2D eigenvalue weighted by Crippen LogP contribution is -2.56. The van der Waals surface area contributed by atoms with E-state index >= 15 is 0 Å². The van der Waals surface area contributed by atoms with Crippen molar-refractivity contribution >= 4 is 11.4 Å². The molecule has 3 heterocycles. The smallest absolute Gasteiger partial charge is 0.0723 e. The van der Waals surface area contributed by atoms with Gasteiger partial charge in [-0.2, -0.15) is 0 Å². The minimum atomic E-state index is 0.192. The van der Waals surface area contributed by atoms with E-state index in [0.29, 0.717) is 0 Å². The van der Waals surface area contributed by atoms with E-state index in [9.17, 15) is 0 Å². The van der Waals surface area contributed by atoms with Gasteiger partial charge < -0.3 is 15.6 Å². The summed E-state index contributed by atoms with van der Waals surface area (Å²) in [5.41, 5.74) is 11.2. The van der Waals surface area contributed by atoms with E-state index < -0.39 is 0 Å². The lowest BCUT2D eigenvalue weighted by atomic mass is 10.0. The number of likely N-dealkylation sites (N-methyl/N-ethyl adjacent to an activating group) is 1. The molecule has 7 nitrogen and oxygen atoms in total. The highest BCUT2D eigenvalue weighted by atomic mass is 15.4. The van der Waals surface area contributed by atoms with Crippen LogP contribution in [0.1, 0.15) is 25.1 Å². The fourth-order valence-electron chi connectivity index (χ4n) is 4.30. The number of rotatable bonds is 7. The molecule has 1 aromatic heterocycles. The van der Waals surface area contributed by atoms with Crippen molar-refractivity contribution in [3.63, 3.8) is 0 Å². The molecule has 2 fully saturated rings. The molecular weight excluding hydrogens is 386 g/mol. The van der Waals surface area contributed by atoms with Gasteiger partial charge in [-0.15, -0.1) is 0 Å². The molecule has 0 unspecified atom stereocenters. The topological polar surface area (TPSA) is 58.7 Å². The Morgan fingerprint density at radius 1 is 0.871 bits per heavy atom. The van der Waals surface area contributed by atoms with Crippen LogP contribution in [0.25, 0.3) is 0 Å². The van der Waals surface area contributed by atoms with E-state index in [-0.39, 0.29) is 5.54 Å². The summed E-state index contributed by atoms with van der Waals surface area (Å²) in [4.78, 5) is 12.0. The van der Waals surface area contributed by atoms with Gasteiger partial charge in [-0.1, -0.05) is 12.1 Å². The summed E-state index contributed by atoms with van der Waals surface area (Å²) in [7, 11) is 2.18. The molecule has 0 amide bonds. The summed E-state index contributed by atoms with van der Waals surface area (Å²) in [6.45, 7) is 14.2. The van der Waals surface area contributed by atoms with Crippen LogP contribution in [0.2, 0.25) is 0 Å². The lowest BCUT2D eigenvalue weighted by Gasteiger charge is -2.39. The van der Waals surface area contributed by atoms with Crippen molar-refractivity contribution < 1.29 is 0 Å². The average molecular weight is 424 g/mol.